The van der Waals surface area contributed by atoms with Gasteiger partial charge in [0.25, 0.3) is 5.91 Å². The number of hydrogen-bond donors (Lipinski definition) is 2. The van der Waals surface area contributed by atoms with Gasteiger partial charge in [0.15, 0.2) is 0 Å². The van der Waals surface area contributed by atoms with Crippen molar-refractivity contribution in [3.05, 3.63) is 70.8 Å². The molecule has 2 aliphatic rings. The number of hydrogen-bond acceptors (Lipinski definition) is 3. The number of amides is 3. The highest BCUT2D eigenvalue weighted by Crippen LogP contribution is 2.21. The second kappa shape index (κ2) is 8.69. The molecule has 1 heterocycles. The van der Waals surface area contributed by atoms with Gasteiger partial charge in [-0.2, -0.15) is 0 Å². The molecule has 2 aromatic rings. The summed E-state index contributed by atoms with van der Waals surface area (Å²) in [4.78, 5) is 38.7. The van der Waals surface area contributed by atoms with Gasteiger partial charge < -0.3 is 15.5 Å². The minimum Gasteiger partial charge on any atom is -0.352 e. The van der Waals surface area contributed by atoms with Crippen molar-refractivity contribution >= 4 is 17.7 Å². The molecular formula is C24H27N3O3. The average Bonchev–Trinajstić information content (AvgIpc) is 3.49. The van der Waals surface area contributed by atoms with Crippen LogP contribution in [0.4, 0.5) is 0 Å². The third-order valence-corrected chi connectivity index (χ3v) is 5.67. The van der Waals surface area contributed by atoms with Crippen LogP contribution < -0.4 is 10.6 Å². The molecule has 1 atom stereocenters. The van der Waals surface area contributed by atoms with E-state index in [0.717, 1.165) is 24.0 Å². The highest BCUT2D eigenvalue weighted by molar-refractivity contribution is 5.94. The number of carbonyl (C=O) groups is 3. The highest BCUT2D eigenvalue weighted by Gasteiger charge is 2.34. The lowest BCUT2D eigenvalue weighted by atomic mass is 10.1. The van der Waals surface area contributed by atoms with Gasteiger partial charge in [-0.25, -0.2) is 0 Å². The quantitative estimate of drug-likeness (QED) is 0.743. The molecule has 0 bridgehead atoms. The van der Waals surface area contributed by atoms with E-state index >= 15 is 0 Å². The van der Waals surface area contributed by atoms with Crippen LogP contribution in [0.1, 0.15) is 46.3 Å². The lowest BCUT2D eigenvalue weighted by molar-refractivity contribution is -0.129. The second-order valence-corrected chi connectivity index (χ2v) is 8.32. The fraction of sp³-hybridized carbons (Fsp3) is 0.375. The van der Waals surface area contributed by atoms with Crippen LogP contribution in [0.25, 0.3) is 0 Å². The molecule has 1 unspecified atom stereocenters. The molecule has 30 heavy (non-hydrogen) atoms. The fourth-order valence-electron chi connectivity index (χ4n) is 3.62. The van der Waals surface area contributed by atoms with Crippen molar-refractivity contribution in [2.24, 2.45) is 5.92 Å². The zero-order valence-corrected chi connectivity index (χ0v) is 17.2. The molecule has 6 nitrogen and oxygen atoms in total. The van der Waals surface area contributed by atoms with Crippen molar-refractivity contribution in [1.29, 1.82) is 0 Å². The van der Waals surface area contributed by atoms with E-state index in [1.807, 2.05) is 43.3 Å². The first kappa shape index (κ1) is 20.1. The molecule has 1 saturated heterocycles. The van der Waals surface area contributed by atoms with E-state index in [0.29, 0.717) is 31.2 Å². The number of rotatable bonds is 7. The minimum atomic E-state index is -0.327. The molecule has 0 aromatic heterocycles. The van der Waals surface area contributed by atoms with E-state index in [1.54, 1.807) is 17.0 Å². The third-order valence-electron chi connectivity index (χ3n) is 5.67. The number of aryl methyl sites for hydroxylation is 1. The van der Waals surface area contributed by atoms with Gasteiger partial charge in [-0.1, -0.05) is 42.0 Å². The number of likely N-dealkylation sites (tertiary alicyclic amines) is 1. The predicted molar refractivity (Wildman–Crippen MR) is 113 cm³/mol. The number of carbonyl (C=O) groups excluding carboxylic acids is 3. The van der Waals surface area contributed by atoms with Gasteiger partial charge in [0, 0.05) is 37.7 Å². The van der Waals surface area contributed by atoms with E-state index in [1.165, 1.54) is 5.56 Å². The summed E-state index contributed by atoms with van der Waals surface area (Å²) in [6.45, 7) is 3.39. The predicted octanol–water partition coefficient (Wildman–Crippen LogP) is 2.55. The van der Waals surface area contributed by atoms with Crippen molar-refractivity contribution < 1.29 is 14.4 Å². The highest BCUT2D eigenvalue weighted by atomic mass is 16.2. The first-order chi connectivity index (χ1) is 14.5. The van der Waals surface area contributed by atoms with E-state index < -0.39 is 0 Å². The van der Waals surface area contributed by atoms with Gasteiger partial charge in [-0.05, 0) is 43.0 Å². The van der Waals surface area contributed by atoms with E-state index in [9.17, 15) is 14.4 Å². The lowest BCUT2D eigenvalue weighted by Crippen LogP contribution is -2.32. The molecule has 2 aromatic carbocycles. The Labute approximate surface area is 176 Å². The summed E-state index contributed by atoms with van der Waals surface area (Å²) < 4.78 is 0. The number of nitrogens with zero attached hydrogens (tertiary/aromatic N) is 1. The van der Waals surface area contributed by atoms with Crippen LogP contribution in [0, 0.1) is 12.8 Å². The molecule has 0 radical (unpaired) electrons. The van der Waals surface area contributed by atoms with Gasteiger partial charge >= 0.3 is 0 Å². The van der Waals surface area contributed by atoms with Crippen molar-refractivity contribution in [3.8, 4) is 0 Å². The van der Waals surface area contributed by atoms with Crippen molar-refractivity contribution in [3.63, 3.8) is 0 Å². The first-order valence-electron chi connectivity index (χ1n) is 10.5. The van der Waals surface area contributed by atoms with E-state index in [2.05, 4.69) is 10.6 Å². The van der Waals surface area contributed by atoms with Gasteiger partial charge in [-0.3, -0.25) is 14.4 Å². The normalized spacial score (nSPS) is 18.4. The molecule has 4 rings (SSSR count). The Balaban J connectivity index is 1.26. The maximum absolute atomic E-state index is 12.6. The fourth-order valence-corrected chi connectivity index (χ4v) is 3.62. The van der Waals surface area contributed by atoms with Crippen LogP contribution >= 0.6 is 0 Å². The zero-order chi connectivity index (χ0) is 21.1. The standard InChI is InChI=1S/C24H27N3O3/c1-16-2-4-18(5-3-16)14-27-15-20(12-22(27)28)23(29)25-13-17-6-8-19(9-7-17)24(30)26-21-10-11-21/h2-9,20-21H,10-15H2,1H3,(H,25,29)(H,26,30). The maximum atomic E-state index is 12.6. The van der Waals surface area contributed by atoms with Gasteiger partial charge in [0.2, 0.25) is 11.8 Å². The van der Waals surface area contributed by atoms with Gasteiger partial charge in [0.05, 0.1) is 5.92 Å². The molecular weight excluding hydrogens is 378 g/mol. The molecule has 156 valence electrons. The summed E-state index contributed by atoms with van der Waals surface area (Å²) in [7, 11) is 0. The summed E-state index contributed by atoms with van der Waals surface area (Å²) >= 11 is 0. The Kier molecular flexibility index (Phi) is 5.84. The third kappa shape index (κ3) is 5.06. The molecule has 1 aliphatic carbocycles. The lowest BCUT2D eigenvalue weighted by Gasteiger charge is -2.17. The SMILES string of the molecule is Cc1ccc(CN2CC(C(=O)NCc3ccc(C(=O)NC4CC4)cc3)CC2=O)cc1. The zero-order valence-electron chi connectivity index (χ0n) is 17.2. The molecule has 6 heteroatoms. The Morgan fingerprint density at radius 1 is 1.00 bits per heavy atom. The Bertz CT molecular complexity index is 933. The van der Waals surface area contributed by atoms with Crippen LogP contribution in [0.5, 0.6) is 0 Å². The molecule has 3 amide bonds. The van der Waals surface area contributed by atoms with Crippen LogP contribution in [-0.4, -0.2) is 35.2 Å². The summed E-state index contributed by atoms with van der Waals surface area (Å²) in [5.41, 5.74) is 3.80. The van der Waals surface area contributed by atoms with Crippen molar-refractivity contribution in [1.82, 2.24) is 15.5 Å². The van der Waals surface area contributed by atoms with E-state index in [-0.39, 0.29) is 30.1 Å². The summed E-state index contributed by atoms with van der Waals surface area (Å²) in [6, 6.07) is 15.7. The van der Waals surface area contributed by atoms with Crippen molar-refractivity contribution in [2.75, 3.05) is 6.54 Å². The van der Waals surface area contributed by atoms with Crippen LogP contribution in [0.15, 0.2) is 48.5 Å². The summed E-state index contributed by atoms with van der Waals surface area (Å²) in [6.07, 6.45) is 2.36. The smallest absolute Gasteiger partial charge is 0.251 e. The Hall–Kier alpha value is -3.15. The second-order valence-electron chi connectivity index (χ2n) is 8.32. The number of benzene rings is 2. The van der Waals surface area contributed by atoms with Gasteiger partial charge in [0.1, 0.15) is 0 Å². The maximum Gasteiger partial charge on any atom is 0.251 e. The van der Waals surface area contributed by atoms with Crippen molar-refractivity contribution in [2.45, 2.75) is 45.3 Å². The number of nitrogens with one attached hydrogen (secondary N) is 2. The monoisotopic (exact) mass is 405 g/mol. The molecule has 2 fully saturated rings. The molecule has 2 N–H and O–H groups in total. The topological polar surface area (TPSA) is 78.5 Å². The summed E-state index contributed by atoms with van der Waals surface area (Å²) in [5, 5.41) is 5.89. The average molecular weight is 405 g/mol. The molecule has 1 aliphatic heterocycles. The minimum absolute atomic E-state index is 0.0155. The van der Waals surface area contributed by atoms with Gasteiger partial charge in [-0.15, -0.1) is 0 Å². The first-order valence-corrected chi connectivity index (χ1v) is 10.5. The van der Waals surface area contributed by atoms with Crippen LogP contribution in [-0.2, 0) is 22.7 Å². The molecule has 0 spiro atoms. The largest absolute Gasteiger partial charge is 0.352 e. The van der Waals surface area contributed by atoms with Crippen LogP contribution in [0.3, 0.4) is 0 Å². The van der Waals surface area contributed by atoms with Crippen LogP contribution in [0.2, 0.25) is 0 Å². The van der Waals surface area contributed by atoms with E-state index in [4.69, 9.17) is 0 Å². The summed E-state index contributed by atoms with van der Waals surface area (Å²) in [5.74, 6) is -0.468. The molecule has 1 saturated carbocycles. The Morgan fingerprint density at radius 2 is 1.67 bits per heavy atom. The Morgan fingerprint density at radius 3 is 2.33 bits per heavy atom.